The van der Waals surface area contributed by atoms with Crippen LogP contribution in [0.5, 0.6) is 0 Å². The summed E-state index contributed by atoms with van der Waals surface area (Å²) in [4.78, 5) is 30.7. The molecule has 3 amide bonds. The molecule has 0 aromatic heterocycles. The predicted octanol–water partition coefficient (Wildman–Crippen LogP) is 4.46. The molecule has 2 N–H and O–H groups in total. The van der Waals surface area contributed by atoms with Crippen LogP contribution in [0.25, 0.3) is 0 Å². The molecule has 4 rings (SSSR count). The standard InChI is InChI=1S/C26H34N4O3S2/c1-26(20-7-4-5-8-22(20)35-3)11-6-13-30(26)23(31)17-29(2)25(32)28-16-18-9-10-21-19(15-18)24(34)33-14-12-27-21/h4-5,7-10,15,24,27,34H,6,11-14,16-17H2,1-3H3,(H,28,32)/t24-,26?/m1/s1. The maximum atomic E-state index is 13.3. The molecule has 1 fully saturated rings. The van der Waals surface area contributed by atoms with E-state index in [9.17, 15) is 9.59 Å². The molecule has 1 saturated heterocycles. The Bertz CT molecular complexity index is 1080. The van der Waals surface area contributed by atoms with Crippen LogP contribution in [0.2, 0.25) is 0 Å². The highest BCUT2D eigenvalue weighted by molar-refractivity contribution is 7.98. The van der Waals surface area contributed by atoms with Gasteiger partial charge in [0.05, 0.1) is 12.1 Å². The van der Waals surface area contributed by atoms with E-state index in [-0.39, 0.29) is 29.5 Å². The summed E-state index contributed by atoms with van der Waals surface area (Å²) in [7, 11) is 1.66. The average Bonchev–Trinajstić information content (AvgIpc) is 3.18. The Labute approximate surface area is 217 Å². The van der Waals surface area contributed by atoms with Gasteiger partial charge in [-0.05, 0) is 55.3 Å². The van der Waals surface area contributed by atoms with Gasteiger partial charge < -0.3 is 25.2 Å². The molecule has 9 heteroatoms. The Morgan fingerprint density at radius 1 is 1.31 bits per heavy atom. The van der Waals surface area contributed by atoms with E-state index in [1.807, 2.05) is 35.2 Å². The first-order valence-electron chi connectivity index (χ1n) is 11.9. The first-order valence-corrected chi connectivity index (χ1v) is 13.7. The summed E-state index contributed by atoms with van der Waals surface area (Å²) in [5.41, 5.74) is 3.41. The second-order valence-corrected chi connectivity index (χ2v) is 10.5. The Morgan fingerprint density at radius 3 is 2.91 bits per heavy atom. The minimum absolute atomic E-state index is 0.0313. The van der Waals surface area contributed by atoms with E-state index in [1.165, 1.54) is 15.4 Å². The van der Waals surface area contributed by atoms with Gasteiger partial charge in [-0.25, -0.2) is 4.79 Å². The monoisotopic (exact) mass is 514 g/mol. The van der Waals surface area contributed by atoms with E-state index in [2.05, 4.69) is 48.6 Å². The van der Waals surface area contributed by atoms with Crippen molar-refractivity contribution in [1.29, 1.82) is 0 Å². The van der Waals surface area contributed by atoms with Crippen LogP contribution in [0.3, 0.4) is 0 Å². The van der Waals surface area contributed by atoms with Crippen molar-refractivity contribution in [2.75, 3.05) is 44.9 Å². The highest BCUT2D eigenvalue weighted by atomic mass is 32.2. The van der Waals surface area contributed by atoms with Crippen LogP contribution in [0.4, 0.5) is 10.5 Å². The maximum Gasteiger partial charge on any atom is 0.317 e. The van der Waals surface area contributed by atoms with E-state index >= 15 is 0 Å². The fourth-order valence-corrected chi connectivity index (χ4v) is 5.98. The minimum Gasteiger partial charge on any atom is -0.382 e. The van der Waals surface area contributed by atoms with Crippen molar-refractivity contribution in [3.05, 3.63) is 59.2 Å². The third-order valence-corrected chi connectivity index (χ3v) is 8.09. The molecule has 7 nitrogen and oxygen atoms in total. The van der Waals surface area contributed by atoms with Crippen molar-refractivity contribution in [2.24, 2.45) is 0 Å². The molecule has 2 aromatic carbocycles. The molecule has 0 bridgehead atoms. The molecule has 2 aromatic rings. The number of thiol groups is 1. The van der Waals surface area contributed by atoms with Gasteiger partial charge in [0.25, 0.3) is 0 Å². The zero-order valence-corrected chi connectivity index (χ0v) is 22.3. The van der Waals surface area contributed by atoms with Gasteiger partial charge in [-0.1, -0.05) is 24.3 Å². The number of benzene rings is 2. The number of hydrogen-bond donors (Lipinski definition) is 3. The first-order chi connectivity index (χ1) is 16.8. The topological polar surface area (TPSA) is 73.9 Å². The van der Waals surface area contributed by atoms with E-state index in [0.717, 1.165) is 36.2 Å². The number of nitrogens with zero attached hydrogens (tertiary/aromatic N) is 2. The molecule has 0 spiro atoms. The van der Waals surface area contributed by atoms with Crippen molar-refractivity contribution in [3.8, 4) is 0 Å². The van der Waals surface area contributed by atoms with Crippen LogP contribution >= 0.6 is 24.4 Å². The summed E-state index contributed by atoms with van der Waals surface area (Å²) in [5.74, 6) is -0.0373. The van der Waals surface area contributed by atoms with Crippen molar-refractivity contribution < 1.29 is 14.3 Å². The number of anilines is 1. The summed E-state index contributed by atoms with van der Waals surface area (Å²) >= 11 is 6.23. The number of ether oxygens (including phenoxy) is 1. The van der Waals surface area contributed by atoms with Crippen molar-refractivity contribution in [1.82, 2.24) is 15.1 Å². The number of carbonyl (C=O) groups excluding carboxylic acids is 2. The number of hydrogen-bond acceptors (Lipinski definition) is 6. The van der Waals surface area contributed by atoms with Crippen LogP contribution in [0.1, 0.15) is 41.9 Å². The molecule has 35 heavy (non-hydrogen) atoms. The second kappa shape index (κ2) is 11.1. The summed E-state index contributed by atoms with van der Waals surface area (Å²) < 4.78 is 5.67. The van der Waals surface area contributed by atoms with Crippen LogP contribution in [0, 0.1) is 0 Å². The van der Waals surface area contributed by atoms with E-state index in [1.54, 1.807) is 18.8 Å². The lowest BCUT2D eigenvalue weighted by Gasteiger charge is -2.37. The molecule has 2 heterocycles. The molecule has 2 atom stereocenters. The number of thioether (sulfide) groups is 1. The van der Waals surface area contributed by atoms with Gasteiger partial charge in [0.1, 0.15) is 12.0 Å². The van der Waals surface area contributed by atoms with Gasteiger partial charge in [-0.2, -0.15) is 0 Å². The van der Waals surface area contributed by atoms with Gasteiger partial charge in [-0.3, -0.25) is 4.79 Å². The Kier molecular flexibility index (Phi) is 8.19. The molecule has 0 radical (unpaired) electrons. The Balaban J connectivity index is 1.37. The molecular formula is C26H34N4O3S2. The lowest BCUT2D eigenvalue weighted by atomic mass is 9.89. The Hall–Kier alpha value is -2.36. The molecule has 2 aliphatic heterocycles. The summed E-state index contributed by atoms with van der Waals surface area (Å²) in [6, 6.07) is 14.0. The fourth-order valence-electron chi connectivity index (χ4n) is 4.94. The summed E-state index contributed by atoms with van der Waals surface area (Å²) in [5, 5.41) is 6.26. The van der Waals surface area contributed by atoms with Gasteiger partial charge in [-0.15, -0.1) is 24.4 Å². The molecule has 2 aliphatic rings. The van der Waals surface area contributed by atoms with Gasteiger partial charge in [0.2, 0.25) is 5.91 Å². The highest BCUT2D eigenvalue weighted by Gasteiger charge is 2.42. The van der Waals surface area contributed by atoms with Crippen LogP contribution in [-0.2, 0) is 21.6 Å². The van der Waals surface area contributed by atoms with Gasteiger partial charge in [0, 0.05) is 42.8 Å². The normalized spacial score (nSPS) is 21.6. The average molecular weight is 515 g/mol. The van der Waals surface area contributed by atoms with E-state index in [0.29, 0.717) is 19.7 Å². The largest absolute Gasteiger partial charge is 0.382 e. The number of rotatable bonds is 6. The van der Waals surface area contributed by atoms with Crippen LogP contribution in [-0.4, -0.2) is 61.3 Å². The van der Waals surface area contributed by atoms with E-state index in [4.69, 9.17) is 4.74 Å². The lowest BCUT2D eigenvalue weighted by molar-refractivity contribution is -0.135. The van der Waals surface area contributed by atoms with Crippen molar-refractivity contribution >= 4 is 42.0 Å². The van der Waals surface area contributed by atoms with Crippen molar-refractivity contribution in [2.45, 2.75) is 42.2 Å². The highest BCUT2D eigenvalue weighted by Crippen LogP contribution is 2.42. The molecule has 0 aliphatic carbocycles. The number of likely N-dealkylation sites (tertiary alicyclic amines) is 1. The fraction of sp³-hybridized carbons (Fsp3) is 0.462. The number of nitrogens with one attached hydrogen (secondary N) is 2. The number of carbonyl (C=O) groups is 2. The first kappa shape index (κ1) is 25.7. The summed E-state index contributed by atoms with van der Waals surface area (Å²) in [6.07, 6.45) is 3.92. The molecule has 0 saturated carbocycles. The smallest absolute Gasteiger partial charge is 0.317 e. The van der Waals surface area contributed by atoms with Gasteiger partial charge in [0.15, 0.2) is 0 Å². The number of amides is 3. The predicted molar refractivity (Wildman–Crippen MR) is 144 cm³/mol. The molecular weight excluding hydrogens is 480 g/mol. The quantitative estimate of drug-likeness (QED) is 0.392. The minimum atomic E-state index is -0.366. The van der Waals surface area contributed by atoms with Crippen LogP contribution in [0.15, 0.2) is 47.4 Å². The number of fused-ring (bicyclic) bond motifs is 1. The number of likely N-dealkylation sites (N-methyl/N-ethyl adjacent to an activating group) is 1. The Morgan fingerprint density at radius 2 is 2.11 bits per heavy atom. The number of urea groups is 1. The third kappa shape index (κ3) is 5.57. The van der Waals surface area contributed by atoms with Gasteiger partial charge >= 0.3 is 6.03 Å². The van der Waals surface area contributed by atoms with Crippen molar-refractivity contribution in [3.63, 3.8) is 0 Å². The maximum absolute atomic E-state index is 13.3. The van der Waals surface area contributed by atoms with Crippen LogP contribution < -0.4 is 10.6 Å². The zero-order valence-electron chi connectivity index (χ0n) is 20.5. The molecule has 1 unspecified atom stereocenters. The third-order valence-electron chi connectivity index (χ3n) is 6.87. The summed E-state index contributed by atoms with van der Waals surface area (Å²) in [6.45, 7) is 4.55. The SMILES string of the molecule is CSc1ccccc1C1(C)CCCN1C(=O)CN(C)C(=O)NCc1ccc2c(c1)[C@@H](S)OCCN2. The second-order valence-electron chi connectivity index (χ2n) is 9.21. The zero-order chi connectivity index (χ0) is 25.0. The lowest BCUT2D eigenvalue weighted by Crippen LogP contribution is -2.49. The molecule has 188 valence electrons. The van der Waals surface area contributed by atoms with E-state index < -0.39 is 0 Å².